The lowest BCUT2D eigenvalue weighted by Crippen LogP contribution is -2.67. The highest BCUT2D eigenvalue weighted by Crippen LogP contribution is 2.49. The second-order valence-corrected chi connectivity index (χ2v) is 8.80. The first-order chi connectivity index (χ1) is 15.4. The number of rotatable bonds is 3. The lowest BCUT2D eigenvalue weighted by molar-refractivity contribution is 0.00268. The van der Waals surface area contributed by atoms with Crippen LogP contribution in [0.2, 0.25) is 5.02 Å². The second-order valence-electron chi connectivity index (χ2n) is 8.36. The van der Waals surface area contributed by atoms with Crippen molar-refractivity contribution >= 4 is 29.2 Å². The number of hydrogen-bond acceptors (Lipinski definition) is 3. The van der Waals surface area contributed by atoms with E-state index >= 15 is 0 Å². The van der Waals surface area contributed by atoms with Crippen LogP contribution in [0.15, 0.2) is 72.8 Å². The van der Waals surface area contributed by atoms with Gasteiger partial charge in [0.2, 0.25) is 0 Å². The molecule has 2 atom stereocenters. The van der Waals surface area contributed by atoms with Crippen molar-refractivity contribution in [2.45, 2.75) is 38.5 Å². The zero-order valence-electron chi connectivity index (χ0n) is 17.9. The lowest BCUT2D eigenvalue weighted by atomic mass is 9.88. The molecule has 2 aliphatic heterocycles. The molecular weight excluding hydrogens is 424 g/mol. The molecule has 0 radical (unpaired) electrons. The van der Waals surface area contributed by atoms with Crippen LogP contribution in [0, 0.1) is 0 Å². The van der Waals surface area contributed by atoms with E-state index in [9.17, 15) is 9.59 Å². The molecule has 3 aromatic carbocycles. The van der Waals surface area contributed by atoms with E-state index in [1.54, 1.807) is 29.2 Å². The number of carbonyl (C=O) groups excluding carboxylic acids is 2. The van der Waals surface area contributed by atoms with Crippen molar-refractivity contribution in [1.82, 2.24) is 4.90 Å². The van der Waals surface area contributed by atoms with Gasteiger partial charge in [-0.2, -0.15) is 0 Å². The highest BCUT2D eigenvalue weighted by atomic mass is 35.5. The number of amides is 3. The average molecular weight is 447 g/mol. The maximum Gasteiger partial charge on any atom is 0.335 e. The lowest BCUT2D eigenvalue weighted by Gasteiger charge is -2.53. The zero-order valence-corrected chi connectivity index (χ0v) is 18.7. The van der Waals surface area contributed by atoms with Gasteiger partial charge >= 0.3 is 6.03 Å². The first kappa shape index (κ1) is 20.6. The van der Waals surface area contributed by atoms with Gasteiger partial charge in [-0.05, 0) is 55.3 Å². The molecule has 2 bridgehead atoms. The van der Waals surface area contributed by atoms with Crippen molar-refractivity contribution in [2.24, 2.45) is 0 Å². The molecule has 1 saturated heterocycles. The summed E-state index contributed by atoms with van der Waals surface area (Å²) in [7, 11) is 0. The average Bonchev–Trinajstić information content (AvgIpc) is 2.78. The van der Waals surface area contributed by atoms with E-state index in [2.05, 4.69) is 6.92 Å². The maximum absolute atomic E-state index is 14.0. The molecule has 0 spiro atoms. The molecule has 0 unspecified atom stereocenters. The van der Waals surface area contributed by atoms with Crippen molar-refractivity contribution in [3.05, 3.63) is 94.5 Å². The third-order valence-corrected chi connectivity index (χ3v) is 6.46. The van der Waals surface area contributed by atoms with Gasteiger partial charge in [-0.15, -0.1) is 0 Å². The standard InChI is InChI=1S/C26H23ClN2O3/c1-3-17-8-6-11-20(14-17)29-25(31)28(24(30)18-9-7-10-19(27)15-18)22-16-26(29,2)32-23-13-5-4-12-21(22)23/h4-15,22H,3,16H2,1-2H3/t22-,26-/m1/s1. The van der Waals surface area contributed by atoms with Crippen molar-refractivity contribution in [1.29, 1.82) is 0 Å². The molecule has 2 heterocycles. The van der Waals surface area contributed by atoms with Crippen molar-refractivity contribution < 1.29 is 14.3 Å². The summed E-state index contributed by atoms with van der Waals surface area (Å²) in [4.78, 5) is 30.6. The van der Waals surface area contributed by atoms with Crippen molar-refractivity contribution in [3.8, 4) is 5.75 Å². The predicted molar refractivity (Wildman–Crippen MR) is 124 cm³/mol. The molecule has 0 N–H and O–H groups in total. The molecular formula is C26H23ClN2O3. The first-order valence-electron chi connectivity index (χ1n) is 10.7. The Hall–Kier alpha value is -3.31. The Bertz CT molecular complexity index is 1230. The molecule has 5 nitrogen and oxygen atoms in total. The van der Waals surface area contributed by atoms with Gasteiger partial charge in [0.1, 0.15) is 5.75 Å². The Kier molecular flexibility index (Phi) is 4.94. The number of aryl methyl sites for hydroxylation is 1. The maximum atomic E-state index is 14.0. The van der Waals surface area contributed by atoms with Crippen molar-refractivity contribution in [2.75, 3.05) is 4.90 Å². The number of imide groups is 1. The number of anilines is 1. The van der Waals surface area contributed by atoms with Gasteiger partial charge < -0.3 is 4.74 Å². The minimum absolute atomic E-state index is 0.376. The largest absolute Gasteiger partial charge is 0.467 e. The Morgan fingerprint density at radius 1 is 1.09 bits per heavy atom. The fourth-order valence-corrected chi connectivity index (χ4v) is 4.88. The van der Waals surface area contributed by atoms with Crippen LogP contribution in [-0.2, 0) is 6.42 Å². The summed E-state index contributed by atoms with van der Waals surface area (Å²) >= 11 is 6.14. The van der Waals surface area contributed by atoms with Crippen molar-refractivity contribution in [3.63, 3.8) is 0 Å². The van der Waals surface area contributed by atoms with Crippen LogP contribution in [-0.4, -0.2) is 22.6 Å². The number of halogens is 1. The van der Waals surface area contributed by atoms with Gasteiger partial charge in [-0.1, -0.05) is 54.9 Å². The number of nitrogens with zero attached hydrogens (tertiary/aromatic N) is 2. The molecule has 32 heavy (non-hydrogen) atoms. The number of carbonyl (C=O) groups is 2. The number of ether oxygens (including phenoxy) is 1. The normalized spacial score (nSPS) is 21.7. The highest BCUT2D eigenvalue weighted by Gasteiger charge is 2.55. The summed E-state index contributed by atoms with van der Waals surface area (Å²) in [6, 6.07) is 21.3. The van der Waals surface area contributed by atoms with Crippen LogP contribution in [0.4, 0.5) is 10.5 Å². The Labute approximate surface area is 192 Å². The molecule has 6 heteroatoms. The molecule has 3 aromatic rings. The van der Waals surface area contributed by atoms with Gasteiger partial charge in [0.05, 0.1) is 6.04 Å². The van der Waals surface area contributed by atoms with E-state index in [0.717, 1.165) is 17.5 Å². The quantitative estimate of drug-likeness (QED) is 0.479. The van der Waals surface area contributed by atoms with E-state index in [1.807, 2.05) is 55.5 Å². The SMILES string of the molecule is CCc1cccc(N2C(=O)N(C(=O)c3cccc(Cl)c3)[C@@H]3C[C@@]2(C)Oc2ccccc23)c1. The number of para-hydroxylation sites is 1. The molecule has 3 amide bonds. The first-order valence-corrected chi connectivity index (χ1v) is 11.1. The summed E-state index contributed by atoms with van der Waals surface area (Å²) in [6.07, 6.45) is 1.29. The predicted octanol–water partition coefficient (Wildman–Crippen LogP) is 6.22. The molecule has 0 aliphatic carbocycles. The topological polar surface area (TPSA) is 49.9 Å². The molecule has 162 valence electrons. The van der Waals surface area contributed by atoms with E-state index < -0.39 is 17.8 Å². The van der Waals surface area contributed by atoms with Crippen LogP contribution in [0.5, 0.6) is 5.75 Å². The molecule has 2 aliphatic rings. The minimum Gasteiger partial charge on any atom is -0.467 e. The Morgan fingerprint density at radius 2 is 1.88 bits per heavy atom. The summed E-state index contributed by atoms with van der Waals surface area (Å²) in [5.74, 6) is 0.303. The third kappa shape index (κ3) is 3.24. The Morgan fingerprint density at radius 3 is 2.66 bits per heavy atom. The van der Waals surface area contributed by atoms with E-state index in [4.69, 9.17) is 16.3 Å². The van der Waals surface area contributed by atoms with Crippen LogP contribution >= 0.6 is 11.6 Å². The fourth-order valence-electron chi connectivity index (χ4n) is 4.69. The molecule has 0 saturated carbocycles. The van der Waals surface area contributed by atoms with Crippen LogP contribution in [0.1, 0.15) is 47.8 Å². The summed E-state index contributed by atoms with van der Waals surface area (Å²) < 4.78 is 6.40. The van der Waals surface area contributed by atoms with Gasteiger partial charge in [-0.3, -0.25) is 14.6 Å². The van der Waals surface area contributed by atoms with Crippen LogP contribution in [0.3, 0.4) is 0 Å². The van der Waals surface area contributed by atoms with E-state index in [1.165, 1.54) is 4.90 Å². The molecule has 0 aromatic heterocycles. The van der Waals surface area contributed by atoms with E-state index in [-0.39, 0.29) is 5.91 Å². The van der Waals surface area contributed by atoms with Gasteiger partial charge in [-0.25, -0.2) is 4.79 Å². The summed E-state index contributed by atoms with van der Waals surface area (Å²) in [5.41, 5.74) is 2.09. The van der Waals surface area contributed by atoms with Gasteiger partial charge in [0, 0.05) is 28.3 Å². The number of urea groups is 1. The van der Waals surface area contributed by atoms with Crippen LogP contribution in [0.25, 0.3) is 0 Å². The number of benzene rings is 3. The number of hydrogen-bond donors (Lipinski definition) is 0. The number of fused-ring (bicyclic) bond motifs is 4. The smallest absolute Gasteiger partial charge is 0.335 e. The zero-order chi connectivity index (χ0) is 22.5. The minimum atomic E-state index is -0.923. The highest BCUT2D eigenvalue weighted by molar-refractivity contribution is 6.31. The summed E-state index contributed by atoms with van der Waals surface area (Å²) in [6.45, 7) is 3.98. The molecule has 1 fully saturated rings. The van der Waals surface area contributed by atoms with Gasteiger partial charge in [0.25, 0.3) is 5.91 Å². The second kappa shape index (κ2) is 7.68. The fraction of sp³-hybridized carbons (Fsp3) is 0.231. The monoisotopic (exact) mass is 446 g/mol. The summed E-state index contributed by atoms with van der Waals surface area (Å²) in [5, 5.41) is 0.449. The molecule has 5 rings (SSSR count). The Balaban J connectivity index is 1.67. The van der Waals surface area contributed by atoms with Crippen LogP contribution < -0.4 is 9.64 Å². The van der Waals surface area contributed by atoms with E-state index in [0.29, 0.717) is 28.4 Å². The third-order valence-electron chi connectivity index (χ3n) is 6.23. The van der Waals surface area contributed by atoms with Gasteiger partial charge in [0.15, 0.2) is 5.72 Å².